The van der Waals surface area contributed by atoms with E-state index < -0.39 is 0 Å². The fourth-order valence-corrected chi connectivity index (χ4v) is 2.08. The quantitative estimate of drug-likeness (QED) is 0.754. The number of hydrogen-bond donors (Lipinski definition) is 1. The van der Waals surface area contributed by atoms with Crippen LogP contribution in [0.25, 0.3) is 5.57 Å². The van der Waals surface area contributed by atoms with Crippen LogP contribution in [0.5, 0.6) is 0 Å². The molecule has 0 bridgehead atoms. The monoisotopic (exact) mass is 198 g/mol. The largest absolute Gasteiger partial charge is 0.402 e. The van der Waals surface area contributed by atoms with Gasteiger partial charge in [-0.05, 0) is 42.9 Å². The SMILES string of the molecule is N#Cc1ccccc1C1=C(N)CCCC1. The van der Waals surface area contributed by atoms with E-state index in [2.05, 4.69) is 6.07 Å². The average molecular weight is 198 g/mol. The number of nitriles is 1. The van der Waals surface area contributed by atoms with Gasteiger partial charge in [0.15, 0.2) is 0 Å². The highest BCUT2D eigenvalue weighted by molar-refractivity contribution is 5.73. The van der Waals surface area contributed by atoms with Crippen molar-refractivity contribution in [2.45, 2.75) is 25.7 Å². The molecular formula is C13H14N2. The molecule has 15 heavy (non-hydrogen) atoms. The summed E-state index contributed by atoms with van der Waals surface area (Å²) in [4.78, 5) is 0. The minimum absolute atomic E-state index is 0.734. The molecule has 2 N–H and O–H groups in total. The van der Waals surface area contributed by atoms with E-state index in [-0.39, 0.29) is 0 Å². The van der Waals surface area contributed by atoms with Gasteiger partial charge in [0.1, 0.15) is 0 Å². The van der Waals surface area contributed by atoms with Crippen LogP contribution >= 0.6 is 0 Å². The van der Waals surface area contributed by atoms with Gasteiger partial charge in [-0.15, -0.1) is 0 Å². The van der Waals surface area contributed by atoms with E-state index >= 15 is 0 Å². The number of nitrogens with zero attached hydrogens (tertiary/aromatic N) is 1. The zero-order valence-corrected chi connectivity index (χ0v) is 8.66. The fraction of sp³-hybridized carbons (Fsp3) is 0.308. The molecular weight excluding hydrogens is 184 g/mol. The third-order valence-electron chi connectivity index (χ3n) is 2.88. The second kappa shape index (κ2) is 4.18. The minimum atomic E-state index is 0.734. The van der Waals surface area contributed by atoms with Crippen LogP contribution in [0.15, 0.2) is 30.0 Å². The van der Waals surface area contributed by atoms with Gasteiger partial charge in [0, 0.05) is 5.70 Å². The number of allylic oxidation sites excluding steroid dienone is 2. The lowest BCUT2D eigenvalue weighted by atomic mass is 9.89. The minimum Gasteiger partial charge on any atom is -0.402 e. The maximum Gasteiger partial charge on any atom is 0.0998 e. The zero-order chi connectivity index (χ0) is 10.7. The first-order chi connectivity index (χ1) is 7.33. The Morgan fingerprint density at radius 2 is 1.87 bits per heavy atom. The maximum atomic E-state index is 9.02. The van der Waals surface area contributed by atoms with Crippen LogP contribution in [-0.4, -0.2) is 0 Å². The number of benzene rings is 1. The van der Waals surface area contributed by atoms with Crippen molar-refractivity contribution in [3.8, 4) is 6.07 Å². The van der Waals surface area contributed by atoms with Crippen LogP contribution in [0.2, 0.25) is 0 Å². The van der Waals surface area contributed by atoms with E-state index in [9.17, 15) is 0 Å². The molecule has 0 atom stereocenters. The Kier molecular flexibility index (Phi) is 2.73. The molecule has 2 heteroatoms. The lowest BCUT2D eigenvalue weighted by Crippen LogP contribution is -2.07. The van der Waals surface area contributed by atoms with Gasteiger partial charge >= 0.3 is 0 Å². The van der Waals surface area contributed by atoms with Crippen molar-refractivity contribution in [3.63, 3.8) is 0 Å². The fourth-order valence-electron chi connectivity index (χ4n) is 2.08. The Morgan fingerprint density at radius 1 is 1.13 bits per heavy atom. The van der Waals surface area contributed by atoms with Crippen LogP contribution < -0.4 is 5.73 Å². The highest BCUT2D eigenvalue weighted by atomic mass is 14.6. The molecule has 0 saturated heterocycles. The van der Waals surface area contributed by atoms with E-state index in [0.717, 1.165) is 29.7 Å². The van der Waals surface area contributed by atoms with Crippen LogP contribution in [0.3, 0.4) is 0 Å². The van der Waals surface area contributed by atoms with Crippen LogP contribution in [-0.2, 0) is 0 Å². The molecule has 0 aromatic heterocycles. The predicted molar refractivity (Wildman–Crippen MR) is 60.7 cm³/mol. The molecule has 2 nitrogen and oxygen atoms in total. The molecule has 0 amide bonds. The lowest BCUT2D eigenvalue weighted by Gasteiger charge is -2.18. The number of hydrogen-bond acceptors (Lipinski definition) is 2. The number of nitrogens with two attached hydrogens (primary N) is 1. The smallest absolute Gasteiger partial charge is 0.0998 e. The summed E-state index contributed by atoms with van der Waals surface area (Å²) in [6, 6.07) is 9.92. The molecule has 1 aromatic carbocycles. The molecule has 1 aliphatic carbocycles. The summed E-state index contributed by atoms with van der Waals surface area (Å²) < 4.78 is 0. The molecule has 1 aromatic rings. The molecule has 0 unspecified atom stereocenters. The van der Waals surface area contributed by atoms with E-state index in [1.807, 2.05) is 24.3 Å². The summed E-state index contributed by atoms with van der Waals surface area (Å²) in [5.41, 5.74) is 9.90. The van der Waals surface area contributed by atoms with Gasteiger partial charge in [0.25, 0.3) is 0 Å². The Hall–Kier alpha value is -1.75. The van der Waals surface area contributed by atoms with Gasteiger partial charge in [-0.3, -0.25) is 0 Å². The summed E-state index contributed by atoms with van der Waals surface area (Å²) in [6.45, 7) is 0. The second-order valence-electron chi connectivity index (χ2n) is 3.87. The normalized spacial score (nSPS) is 16.2. The van der Waals surface area contributed by atoms with Gasteiger partial charge in [-0.25, -0.2) is 0 Å². The molecule has 1 aliphatic rings. The van der Waals surface area contributed by atoms with Crippen LogP contribution in [0, 0.1) is 11.3 Å². The standard InChI is InChI=1S/C13H14N2/c14-9-10-5-1-2-6-11(10)12-7-3-4-8-13(12)15/h1-2,5-6H,3-4,7-8,15H2. The van der Waals surface area contributed by atoms with Crippen molar-refractivity contribution in [1.29, 1.82) is 5.26 Å². The first-order valence-corrected chi connectivity index (χ1v) is 5.30. The third-order valence-corrected chi connectivity index (χ3v) is 2.88. The molecule has 0 saturated carbocycles. The van der Waals surface area contributed by atoms with E-state index in [0.29, 0.717) is 0 Å². The summed E-state index contributed by atoms with van der Waals surface area (Å²) in [5.74, 6) is 0. The average Bonchev–Trinajstić information content (AvgIpc) is 2.30. The van der Waals surface area contributed by atoms with Crippen molar-refractivity contribution < 1.29 is 0 Å². The Morgan fingerprint density at radius 3 is 2.60 bits per heavy atom. The molecule has 0 radical (unpaired) electrons. The van der Waals surface area contributed by atoms with E-state index in [1.165, 1.54) is 18.4 Å². The molecule has 0 spiro atoms. The molecule has 0 fully saturated rings. The molecule has 76 valence electrons. The molecule has 0 heterocycles. The molecule has 2 rings (SSSR count). The lowest BCUT2D eigenvalue weighted by molar-refractivity contribution is 0.708. The van der Waals surface area contributed by atoms with Crippen LogP contribution in [0.1, 0.15) is 36.8 Å². The van der Waals surface area contributed by atoms with Gasteiger partial charge < -0.3 is 5.73 Å². The maximum absolute atomic E-state index is 9.02. The first-order valence-electron chi connectivity index (χ1n) is 5.30. The highest BCUT2D eigenvalue weighted by Crippen LogP contribution is 2.31. The van der Waals surface area contributed by atoms with Crippen molar-refractivity contribution in [1.82, 2.24) is 0 Å². The molecule has 0 aliphatic heterocycles. The van der Waals surface area contributed by atoms with Crippen molar-refractivity contribution in [3.05, 3.63) is 41.1 Å². The van der Waals surface area contributed by atoms with E-state index in [1.54, 1.807) is 0 Å². The summed E-state index contributed by atoms with van der Waals surface area (Å²) in [6.07, 6.45) is 4.32. The Labute approximate surface area is 90.0 Å². The van der Waals surface area contributed by atoms with Crippen molar-refractivity contribution in [2.75, 3.05) is 0 Å². The van der Waals surface area contributed by atoms with Gasteiger partial charge in [-0.2, -0.15) is 5.26 Å². The van der Waals surface area contributed by atoms with Crippen molar-refractivity contribution >= 4 is 5.57 Å². The van der Waals surface area contributed by atoms with Gasteiger partial charge in [-0.1, -0.05) is 18.2 Å². The summed E-state index contributed by atoms with van der Waals surface area (Å²) >= 11 is 0. The highest BCUT2D eigenvalue weighted by Gasteiger charge is 2.14. The Bertz CT molecular complexity index is 438. The van der Waals surface area contributed by atoms with Gasteiger partial charge in [0.05, 0.1) is 11.6 Å². The summed E-state index contributed by atoms with van der Waals surface area (Å²) in [5, 5.41) is 9.02. The van der Waals surface area contributed by atoms with Crippen molar-refractivity contribution in [2.24, 2.45) is 5.73 Å². The summed E-state index contributed by atoms with van der Waals surface area (Å²) in [7, 11) is 0. The second-order valence-corrected chi connectivity index (χ2v) is 3.87. The number of rotatable bonds is 1. The third kappa shape index (κ3) is 1.87. The Balaban J connectivity index is 2.49. The zero-order valence-electron chi connectivity index (χ0n) is 8.66. The predicted octanol–water partition coefficient (Wildman–Crippen LogP) is 2.80. The first kappa shape index (κ1) is 9.79. The van der Waals surface area contributed by atoms with Crippen LogP contribution in [0.4, 0.5) is 0 Å². The topological polar surface area (TPSA) is 49.8 Å². The van der Waals surface area contributed by atoms with Gasteiger partial charge in [0.2, 0.25) is 0 Å². The van der Waals surface area contributed by atoms with E-state index in [4.69, 9.17) is 11.0 Å².